The van der Waals surface area contributed by atoms with Crippen LogP contribution in [0.2, 0.25) is 0 Å². The van der Waals surface area contributed by atoms with Gasteiger partial charge in [-0.3, -0.25) is 0 Å². The van der Waals surface area contributed by atoms with E-state index in [0.717, 1.165) is 18.5 Å². The van der Waals surface area contributed by atoms with E-state index in [-0.39, 0.29) is 0 Å². The average Bonchev–Trinajstić information content (AvgIpc) is 2.79. The van der Waals surface area contributed by atoms with Gasteiger partial charge in [-0.2, -0.15) is 0 Å². The molecule has 5 heteroatoms. The van der Waals surface area contributed by atoms with Crippen LogP contribution < -0.4 is 10.1 Å². The number of ether oxygens (including phenoxy) is 1. The monoisotopic (exact) mass is 236 g/mol. The summed E-state index contributed by atoms with van der Waals surface area (Å²) in [4.78, 5) is 15.4. The van der Waals surface area contributed by atoms with E-state index in [1.165, 1.54) is 7.11 Å². The quantitative estimate of drug-likeness (QED) is 0.835. The van der Waals surface area contributed by atoms with Crippen LogP contribution in [0.25, 0.3) is 0 Å². The van der Waals surface area contributed by atoms with Crippen molar-refractivity contribution in [3.8, 4) is 5.88 Å². The molecule has 1 heterocycles. The van der Waals surface area contributed by atoms with Crippen LogP contribution in [0.1, 0.15) is 25.7 Å². The van der Waals surface area contributed by atoms with Crippen LogP contribution in [0.15, 0.2) is 18.3 Å². The minimum absolute atomic E-state index is 0.480. The van der Waals surface area contributed by atoms with Crippen LogP contribution in [0.3, 0.4) is 0 Å². The smallest absolute Gasteiger partial charge is 0.329 e. The lowest BCUT2D eigenvalue weighted by Crippen LogP contribution is -2.43. The summed E-state index contributed by atoms with van der Waals surface area (Å²) in [6.07, 6.45) is 4.81. The molecule has 0 unspecified atom stereocenters. The number of anilines is 1. The predicted molar refractivity (Wildman–Crippen MR) is 63.2 cm³/mol. The van der Waals surface area contributed by atoms with Gasteiger partial charge in [-0.15, -0.1) is 0 Å². The summed E-state index contributed by atoms with van der Waals surface area (Å²) in [7, 11) is 1.54. The number of carbonyl (C=O) groups is 1. The van der Waals surface area contributed by atoms with Crippen LogP contribution in [0.5, 0.6) is 5.88 Å². The van der Waals surface area contributed by atoms with Gasteiger partial charge in [0.05, 0.1) is 7.11 Å². The number of rotatable bonds is 4. The van der Waals surface area contributed by atoms with Crippen LogP contribution >= 0.6 is 0 Å². The molecule has 1 saturated carbocycles. The van der Waals surface area contributed by atoms with Gasteiger partial charge in [0, 0.05) is 18.0 Å². The number of aliphatic carboxylic acids is 1. The Hall–Kier alpha value is -1.78. The zero-order valence-electron chi connectivity index (χ0n) is 9.77. The fourth-order valence-corrected chi connectivity index (χ4v) is 2.25. The van der Waals surface area contributed by atoms with Crippen molar-refractivity contribution in [3.63, 3.8) is 0 Å². The Morgan fingerprint density at radius 2 is 2.24 bits per heavy atom. The van der Waals surface area contributed by atoms with E-state index in [1.54, 1.807) is 18.3 Å². The highest BCUT2D eigenvalue weighted by molar-refractivity contribution is 5.83. The average molecular weight is 236 g/mol. The summed E-state index contributed by atoms with van der Waals surface area (Å²) in [5.74, 6) is -0.306. The highest BCUT2D eigenvalue weighted by Crippen LogP contribution is 2.33. The molecule has 2 N–H and O–H groups in total. The van der Waals surface area contributed by atoms with E-state index < -0.39 is 11.5 Å². The largest absolute Gasteiger partial charge is 0.481 e. The summed E-state index contributed by atoms with van der Waals surface area (Å²) in [5, 5.41) is 12.5. The van der Waals surface area contributed by atoms with Gasteiger partial charge in [-0.25, -0.2) is 9.78 Å². The molecule has 0 aromatic carbocycles. The van der Waals surface area contributed by atoms with E-state index in [4.69, 9.17) is 4.74 Å². The summed E-state index contributed by atoms with van der Waals surface area (Å²) >= 11 is 0. The first kappa shape index (κ1) is 11.7. The number of aromatic nitrogens is 1. The molecule has 0 atom stereocenters. The molecule has 1 aliphatic rings. The number of nitrogens with zero attached hydrogens (tertiary/aromatic N) is 1. The topological polar surface area (TPSA) is 71.5 Å². The van der Waals surface area contributed by atoms with Gasteiger partial charge in [0.25, 0.3) is 0 Å². The molecule has 0 bridgehead atoms. The molecule has 1 fully saturated rings. The lowest BCUT2D eigenvalue weighted by atomic mass is 9.97. The van der Waals surface area contributed by atoms with Crippen LogP contribution in [0, 0.1) is 0 Å². The van der Waals surface area contributed by atoms with E-state index in [2.05, 4.69) is 10.3 Å². The first-order valence-electron chi connectivity index (χ1n) is 5.68. The van der Waals surface area contributed by atoms with E-state index in [1.807, 2.05) is 0 Å². The van der Waals surface area contributed by atoms with Gasteiger partial charge in [-0.1, -0.05) is 12.8 Å². The Balaban J connectivity index is 2.20. The number of pyridine rings is 1. The second-order valence-electron chi connectivity index (χ2n) is 4.31. The second kappa shape index (κ2) is 4.61. The van der Waals surface area contributed by atoms with Crippen molar-refractivity contribution >= 4 is 11.7 Å². The zero-order chi connectivity index (χ0) is 12.3. The molecule has 5 nitrogen and oxygen atoms in total. The van der Waals surface area contributed by atoms with E-state index in [9.17, 15) is 9.90 Å². The lowest BCUT2D eigenvalue weighted by Gasteiger charge is -2.26. The van der Waals surface area contributed by atoms with Gasteiger partial charge < -0.3 is 15.2 Å². The van der Waals surface area contributed by atoms with E-state index in [0.29, 0.717) is 18.7 Å². The normalized spacial score (nSPS) is 17.7. The lowest BCUT2D eigenvalue weighted by molar-refractivity contribution is -0.142. The maximum Gasteiger partial charge on any atom is 0.329 e. The fourth-order valence-electron chi connectivity index (χ4n) is 2.25. The van der Waals surface area contributed by atoms with Crippen LogP contribution in [-0.2, 0) is 4.79 Å². The Kier molecular flexibility index (Phi) is 3.17. The van der Waals surface area contributed by atoms with Crippen molar-refractivity contribution in [3.05, 3.63) is 18.3 Å². The third-order valence-electron chi connectivity index (χ3n) is 3.19. The highest BCUT2D eigenvalue weighted by atomic mass is 16.5. The Morgan fingerprint density at radius 3 is 2.82 bits per heavy atom. The molecule has 1 aromatic heterocycles. The van der Waals surface area contributed by atoms with Gasteiger partial charge in [0.2, 0.25) is 5.88 Å². The molecule has 92 valence electrons. The molecule has 17 heavy (non-hydrogen) atoms. The molecule has 1 aromatic rings. The third kappa shape index (κ3) is 2.33. The number of methoxy groups -OCH3 is 1. The van der Waals surface area contributed by atoms with Crippen molar-refractivity contribution in [1.82, 2.24) is 4.98 Å². The summed E-state index contributed by atoms with van der Waals surface area (Å²) in [5.41, 5.74) is -0.0898. The predicted octanol–water partition coefficient (Wildman–Crippen LogP) is 1.90. The minimum atomic E-state index is -0.827. The van der Waals surface area contributed by atoms with Crippen LogP contribution in [-0.4, -0.2) is 28.7 Å². The first-order chi connectivity index (χ1) is 8.16. The Morgan fingerprint density at radius 1 is 1.53 bits per heavy atom. The number of hydrogen-bond acceptors (Lipinski definition) is 4. The zero-order valence-corrected chi connectivity index (χ0v) is 9.77. The maximum absolute atomic E-state index is 11.4. The SMILES string of the molecule is COc1cc(NC2(C(=O)O)CCCC2)ccn1. The van der Waals surface area contributed by atoms with Crippen molar-refractivity contribution in [2.75, 3.05) is 12.4 Å². The molecular formula is C12H16N2O3. The van der Waals surface area contributed by atoms with Gasteiger partial charge in [0.15, 0.2) is 0 Å². The number of hydrogen-bond donors (Lipinski definition) is 2. The third-order valence-corrected chi connectivity index (χ3v) is 3.19. The fraction of sp³-hybridized carbons (Fsp3) is 0.500. The minimum Gasteiger partial charge on any atom is -0.481 e. The van der Waals surface area contributed by atoms with Gasteiger partial charge in [-0.05, 0) is 18.9 Å². The highest BCUT2D eigenvalue weighted by Gasteiger charge is 2.41. The molecule has 2 rings (SSSR count). The second-order valence-corrected chi connectivity index (χ2v) is 4.31. The maximum atomic E-state index is 11.4. The molecule has 0 aliphatic heterocycles. The molecule has 0 radical (unpaired) electrons. The summed E-state index contributed by atoms with van der Waals surface area (Å²) in [6.45, 7) is 0. The molecule has 0 spiro atoms. The van der Waals surface area contributed by atoms with Gasteiger partial charge in [0.1, 0.15) is 5.54 Å². The number of carboxylic acid groups (broad SMARTS) is 1. The van der Waals surface area contributed by atoms with Crippen molar-refractivity contribution in [1.29, 1.82) is 0 Å². The molecule has 0 amide bonds. The summed E-state index contributed by atoms with van der Waals surface area (Å²) in [6, 6.07) is 3.47. The standard InChI is InChI=1S/C12H16N2O3/c1-17-10-8-9(4-7-13-10)14-12(11(15)16)5-2-3-6-12/h4,7-8H,2-3,5-6H2,1H3,(H,13,14)(H,15,16). The number of nitrogens with one attached hydrogen (secondary N) is 1. The van der Waals surface area contributed by atoms with Crippen LogP contribution in [0.4, 0.5) is 5.69 Å². The first-order valence-corrected chi connectivity index (χ1v) is 5.68. The van der Waals surface area contributed by atoms with Crippen molar-refractivity contribution < 1.29 is 14.6 Å². The van der Waals surface area contributed by atoms with Crippen molar-refractivity contribution in [2.24, 2.45) is 0 Å². The Labute approximate surface area is 99.8 Å². The Bertz CT molecular complexity index is 414. The molecule has 0 saturated heterocycles. The number of carboxylic acids is 1. The van der Waals surface area contributed by atoms with Crippen molar-refractivity contribution in [2.45, 2.75) is 31.2 Å². The van der Waals surface area contributed by atoms with E-state index >= 15 is 0 Å². The summed E-state index contributed by atoms with van der Waals surface area (Å²) < 4.78 is 5.01. The molecule has 1 aliphatic carbocycles. The van der Waals surface area contributed by atoms with Gasteiger partial charge >= 0.3 is 5.97 Å². The molecular weight excluding hydrogens is 220 g/mol.